The van der Waals surface area contributed by atoms with E-state index in [0.29, 0.717) is 17.4 Å². The number of nitrogens with one attached hydrogen (secondary N) is 1. The third-order valence-corrected chi connectivity index (χ3v) is 3.52. The number of rotatable bonds is 2. The van der Waals surface area contributed by atoms with Crippen LogP contribution in [0.2, 0.25) is 10.3 Å². The van der Waals surface area contributed by atoms with Crippen molar-refractivity contribution in [2.45, 2.75) is 24.4 Å². The number of aliphatic hydroxyl groups is 1. The number of ether oxygens (including phenoxy) is 2. The molecule has 8 heteroatoms. The van der Waals surface area contributed by atoms with Crippen LogP contribution in [-0.4, -0.2) is 52.6 Å². The van der Waals surface area contributed by atoms with Crippen LogP contribution in [0.25, 0.3) is 0 Å². The van der Waals surface area contributed by atoms with E-state index < -0.39 is 6.10 Å². The van der Waals surface area contributed by atoms with E-state index >= 15 is 0 Å². The Morgan fingerprint density at radius 3 is 2.89 bits per heavy atom. The van der Waals surface area contributed by atoms with Crippen LogP contribution in [0.3, 0.4) is 0 Å². The first-order valence-electron chi connectivity index (χ1n) is 5.51. The normalized spacial score (nSPS) is 34.6. The fourth-order valence-electron chi connectivity index (χ4n) is 2.23. The van der Waals surface area contributed by atoms with Gasteiger partial charge < -0.3 is 19.9 Å². The van der Waals surface area contributed by atoms with Crippen molar-refractivity contribution < 1.29 is 14.6 Å². The Balaban J connectivity index is 1.75. The molecule has 2 fully saturated rings. The summed E-state index contributed by atoms with van der Waals surface area (Å²) in [5.74, 6) is 0.441. The van der Waals surface area contributed by atoms with Gasteiger partial charge in [0.25, 0.3) is 0 Å². The maximum absolute atomic E-state index is 9.63. The van der Waals surface area contributed by atoms with Crippen molar-refractivity contribution in [2.75, 3.05) is 18.5 Å². The number of halogens is 2. The Kier molecular flexibility index (Phi) is 3.29. The summed E-state index contributed by atoms with van der Waals surface area (Å²) < 4.78 is 11.0. The molecular formula is C10H11Cl2N3O3. The van der Waals surface area contributed by atoms with Crippen LogP contribution in [0.5, 0.6) is 0 Å². The molecule has 0 bridgehead atoms. The molecule has 1 aromatic rings. The lowest BCUT2D eigenvalue weighted by Crippen LogP contribution is -2.36. The summed E-state index contributed by atoms with van der Waals surface area (Å²) >= 11 is 11.7. The molecule has 2 unspecified atom stereocenters. The van der Waals surface area contributed by atoms with Gasteiger partial charge in [0, 0.05) is 0 Å². The van der Waals surface area contributed by atoms with E-state index in [-0.39, 0.29) is 30.1 Å². The Bertz CT molecular complexity index is 462. The second kappa shape index (κ2) is 4.79. The molecule has 0 aromatic carbocycles. The first-order valence-corrected chi connectivity index (χ1v) is 6.26. The SMILES string of the molecule is O[C@H]1COC2C1OC[C@H]2Nc1nc(Cl)ncc1Cl. The van der Waals surface area contributed by atoms with E-state index in [9.17, 15) is 5.11 Å². The van der Waals surface area contributed by atoms with Gasteiger partial charge in [0.2, 0.25) is 5.28 Å². The fraction of sp³-hybridized carbons (Fsp3) is 0.600. The van der Waals surface area contributed by atoms with Gasteiger partial charge in [-0.2, -0.15) is 4.98 Å². The summed E-state index contributed by atoms with van der Waals surface area (Å²) in [4.78, 5) is 7.78. The van der Waals surface area contributed by atoms with Crippen LogP contribution in [0.1, 0.15) is 0 Å². The molecule has 2 saturated heterocycles. The number of anilines is 1. The van der Waals surface area contributed by atoms with Crippen molar-refractivity contribution in [3.05, 3.63) is 16.5 Å². The summed E-state index contributed by atoms with van der Waals surface area (Å²) in [6.45, 7) is 0.704. The molecule has 0 aliphatic carbocycles. The Morgan fingerprint density at radius 1 is 1.28 bits per heavy atom. The van der Waals surface area contributed by atoms with Crippen molar-refractivity contribution in [2.24, 2.45) is 0 Å². The number of aliphatic hydroxyl groups excluding tert-OH is 1. The molecule has 6 nitrogen and oxygen atoms in total. The predicted octanol–water partition coefficient (Wildman–Crippen LogP) is 0.722. The summed E-state index contributed by atoms with van der Waals surface area (Å²) in [6, 6.07) is -0.115. The van der Waals surface area contributed by atoms with E-state index in [1.54, 1.807) is 0 Å². The topological polar surface area (TPSA) is 76.5 Å². The zero-order chi connectivity index (χ0) is 12.7. The standard InChI is InChI=1S/C10H11Cl2N3O3/c11-4-1-13-10(12)15-9(4)14-5-2-17-8-6(16)3-18-7(5)8/h1,5-8,16H,2-3H2,(H,13,14,15)/t5-,6+,7?,8?/m1/s1. The molecule has 98 valence electrons. The highest BCUT2D eigenvalue weighted by Gasteiger charge is 2.47. The summed E-state index contributed by atoms with van der Waals surface area (Å²) in [5, 5.41) is 13.2. The monoisotopic (exact) mass is 291 g/mol. The van der Waals surface area contributed by atoms with E-state index in [1.807, 2.05) is 0 Å². The third kappa shape index (κ3) is 2.15. The molecule has 18 heavy (non-hydrogen) atoms. The van der Waals surface area contributed by atoms with Gasteiger partial charge in [-0.25, -0.2) is 4.98 Å². The Labute approximate surface area is 113 Å². The number of nitrogens with zero attached hydrogens (tertiary/aromatic N) is 2. The van der Waals surface area contributed by atoms with Crippen molar-refractivity contribution in [1.29, 1.82) is 0 Å². The van der Waals surface area contributed by atoms with Crippen LogP contribution in [0.4, 0.5) is 5.82 Å². The number of hydrogen-bond acceptors (Lipinski definition) is 6. The molecule has 3 heterocycles. The van der Waals surface area contributed by atoms with Gasteiger partial charge in [-0.1, -0.05) is 11.6 Å². The molecule has 2 aliphatic rings. The largest absolute Gasteiger partial charge is 0.388 e. The van der Waals surface area contributed by atoms with Crippen LogP contribution in [-0.2, 0) is 9.47 Å². The van der Waals surface area contributed by atoms with Crippen LogP contribution >= 0.6 is 23.2 Å². The van der Waals surface area contributed by atoms with Gasteiger partial charge in [-0.05, 0) is 11.6 Å². The molecular weight excluding hydrogens is 281 g/mol. The number of hydrogen-bond donors (Lipinski definition) is 2. The highest BCUT2D eigenvalue weighted by molar-refractivity contribution is 6.33. The number of fused-ring (bicyclic) bond motifs is 1. The van der Waals surface area contributed by atoms with Gasteiger partial charge in [-0.15, -0.1) is 0 Å². The Hall–Kier alpha value is -0.660. The van der Waals surface area contributed by atoms with Gasteiger partial charge in [0.1, 0.15) is 29.2 Å². The lowest BCUT2D eigenvalue weighted by atomic mass is 10.1. The highest BCUT2D eigenvalue weighted by atomic mass is 35.5. The molecule has 0 radical (unpaired) electrons. The average molecular weight is 292 g/mol. The molecule has 2 aliphatic heterocycles. The fourth-order valence-corrected chi connectivity index (χ4v) is 2.50. The first kappa shape index (κ1) is 12.4. The quantitative estimate of drug-likeness (QED) is 0.782. The van der Waals surface area contributed by atoms with E-state index in [2.05, 4.69) is 15.3 Å². The van der Waals surface area contributed by atoms with Crippen molar-refractivity contribution in [3.8, 4) is 0 Å². The highest BCUT2D eigenvalue weighted by Crippen LogP contribution is 2.30. The smallest absolute Gasteiger partial charge is 0.224 e. The molecule has 2 N–H and O–H groups in total. The lowest BCUT2D eigenvalue weighted by Gasteiger charge is -2.18. The molecule has 0 saturated carbocycles. The first-order chi connectivity index (χ1) is 8.65. The second-order valence-electron chi connectivity index (χ2n) is 4.25. The van der Waals surface area contributed by atoms with Gasteiger partial charge in [0.05, 0.1) is 25.5 Å². The van der Waals surface area contributed by atoms with Gasteiger partial charge in [-0.3, -0.25) is 0 Å². The minimum atomic E-state index is -0.578. The minimum absolute atomic E-state index is 0.115. The van der Waals surface area contributed by atoms with E-state index in [0.717, 1.165) is 0 Å². The van der Waals surface area contributed by atoms with Crippen molar-refractivity contribution in [3.63, 3.8) is 0 Å². The zero-order valence-corrected chi connectivity index (χ0v) is 10.7. The van der Waals surface area contributed by atoms with Gasteiger partial charge >= 0.3 is 0 Å². The van der Waals surface area contributed by atoms with Gasteiger partial charge in [0.15, 0.2) is 0 Å². The van der Waals surface area contributed by atoms with Crippen LogP contribution < -0.4 is 5.32 Å². The lowest BCUT2D eigenvalue weighted by molar-refractivity contribution is 0.0184. The number of aromatic nitrogens is 2. The molecule has 4 atom stereocenters. The second-order valence-corrected chi connectivity index (χ2v) is 4.99. The van der Waals surface area contributed by atoms with Crippen LogP contribution in [0, 0.1) is 0 Å². The van der Waals surface area contributed by atoms with E-state index in [1.165, 1.54) is 6.20 Å². The molecule has 3 rings (SSSR count). The van der Waals surface area contributed by atoms with Crippen LogP contribution in [0.15, 0.2) is 6.20 Å². The summed E-state index contributed by atoms with van der Waals surface area (Å²) in [6.07, 6.45) is 0.353. The Morgan fingerprint density at radius 2 is 2.06 bits per heavy atom. The van der Waals surface area contributed by atoms with Crippen molar-refractivity contribution >= 4 is 29.0 Å². The minimum Gasteiger partial charge on any atom is -0.388 e. The maximum atomic E-state index is 9.63. The summed E-state index contributed by atoms with van der Waals surface area (Å²) in [7, 11) is 0. The zero-order valence-electron chi connectivity index (χ0n) is 9.22. The predicted molar refractivity (Wildman–Crippen MR) is 64.9 cm³/mol. The molecule has 0 spiro atoms. The summed E-state index contributed by atoms with van der Waals surface area (Å²) in [5.41, 5.74) is 0. The van der Waals surface area contributed by atoms with Crippen molar-refractivity contribution in [1.82, 2.24) is 9.97 Å². The molecule has 0 amide bonds. The average Bonchev–Trinajstić information content (AvgIpc) is 2.89. The van der Waals surface area contributed by atoms with E-state index in [4.69, 9.17) is 32.7 Å². The molecule has 1 aromatic heterocycles. The third-order valence-electron chi connectivity index (χ3n) is 3.06. The maximum Gasteiger partial charge on any atom is 0.224 e.